The van der Waals surface area contributed by atoms with Crippen molar-refractivity contribution < 1.29 is 14.3 Å². The first-order chi connectivity index (χ1) is 7.56. The molecule has 1 N–H and O–H groups in total. The molecular formula is C10H15N3O3. The van der Waals surface area contributed by atoms with Crippen LogP contribution < -0.4 is 0 Å². The highest BCUT2D eigenvalue weighted by molar-refractivity contribution is 5.71. The summed E-state index contributed by atoms with van der Waals surface area (Å²) < 4.78 is 5.27. The van der Waals surface area contributed by atoms with Crippen molar-refractivity contribution in [2.75, 3.05) is 13.1 Å². The summed E-state index contributed by atoms with van der Waals surface area (Å²) in [5.74, 6) is 0.245. The molecule has 0 amide bonds. The van der Waals surface area contributed by atoms with E-state index in [-0.39, 0.29) is 11.8 Å². The van der Waals surface area contributed by atoms with E-state index in [1.807, 2.05) is 11.8 Å². The molecule has 1 saturated heterocycles. The minimum absolute atomic E-state index is 0.168. The highest BCUT2D eigenvalue weighted by Crippen LogP contribution is 2.24. The van der Waals surface area contributed by atoms with Gasteiger partial charge in [0, 0.05) is 20.0 Å². The number of likely N-dealkylation sites (tertiary alicyclic amines) is 1. The maximum atomic E-state index is 10.9. The van der Waals surface area contributed by atoms with Crippen LogP contribution in [0.5, 0.6) is 0 Å². The van der Waals surface area contributed by atoms with E-state index in [4.69, 9.17) is 9.52 Å². The lowest BCUT2D eigenvalue weighted by Gasteiger charge is -2.11. The molecule has 2 rings (SSSR count). The van der Waals surface area contributed by atoms with Crippen molar-refractivity contribution in [3.05, 3.63) is 11.8 Å². The molecule has 1 aromatic heterocycles. The lowest BCUT2D eigenvalue weighted by molar-refractivity contribution is -0.142. The zero-order valence-electron chi connectivity index (χ0n) is 9.38. The molecule has 0 aromatic carbocycles. The van der Waals surface area contributed by atoms with Crippen molar-refractivity contribution in [2.24, 2.45) is 11.8 Å². The second kappa shape index (κ2) is 4.21. The highest BCUT2D eigenvalue weighted by atomic mass is 16.4. The van der Waals surface area contributed by atoms with Crippen LogP contribution >= 0.6 is 0 Å². The van der Waals surface area contributed by atoms with Crippen LogP contribution in [0.2, 0.25) is 0 Å². The van der Waals surface area contributed by atoms with E-state index in [0.29, 0.717) is 24.9 Å². The lowest BCUT2D eigenvalue weighted by atomic mass is 9.99. The van der Waals surface area contributed by atoms with Crippen molar-refractivity contribution in [1.82, 2.24) is 15.1 Å². The first kappa shape index (κ1) is 11.1. The molecule has 2 atom stereocenters. The van der Waals surface area contributed by atoms with E-state index in [1.54, 1.807) is 6.92 Å². The maximum Gasteiger partial charge on any atom is 0.308 e. The Morgan fingerprint density at radius 1 is 1.56 bits per heavy atom. The van der Waals surface area contributed by atoms with Crippen LogP contribution in [0.25, 0.3) is 0 Å². The van der Waals surface area contributed by atoms with Crippen LogP contribution in [0.1, 0.15) is 18.7 Å². The van der Waals surface area contributed by atoms with Crippen LogP contribution in [-0.2, 0) is 11.3 Å². The minimum atomic E-state index is -0.725. The smallest absolute Gasteiger partial charge is 0.308 e. The third-order valence-electron chi connectivity index (χ3n) is 2.93. The molecule has 6 nitrogen and oxygen atoms in total. The third kappa shape index (κ3) is 2.21. The van der Waals surface area contributed by atoms with Gasteiger partial charge in [-0.1, -0.05) is 6.92 Å². The molecule has 1 aliphatic heterocycles. The summed E-state index contributed by atoms with van der Waals surface area (Å²) in [5.41, 5.74) is 0. The van der Waals surface area contributed by atoms with Gasteiger partial charge in [-0.2, -0.15) is 0 Å². The summed E-state index contributed by atoms with van der Waals surface area (Å²) in [4.78, 5) is 13.0. The van der Waals surface area contributed by atoms with Gasteiger partial charge in [0.15, 0.2) is 0 Å². The predicted octanol–water partition coefficient (Wildman–Crippen LogP) is 0.531. The number of rotatable bonds is 3. The maximum absolute atomic E-state index is 10.9. The molecule has 0 radical (unpaired) electrons. The van der Waals surface area contributed by atoms with Crippen molar-refractivity contribution in [3.63, 3.8) is 0 Å². The number of aryl methyl sites for hydroxylation is 1. The summed E-state index contributed by atoms with van der Waals surface area (Å²) in [6.07, 6.45) is 0. The average Bonchev–Trinajstić information content (AvgIpc) is 2.73. The highest BCUT2D eigenvalue weighted by Gasteiger charge is 2.35. The normalized spacial score (nSPS) is 26.1. The van der Waals surface area contributed by atoms with Crippen molar-refractivity contribution >= 4 is 5.97 Å². The Balaban J connectivity index is 1.96. The Bertz CT molecular complexity index is 390. The summed E-state index contributed by atoms with van der Waals surface area (Å²) >= 11 is 0. The topological polar surface area (TPSA) is 79.5 Å². The zero-order valence-corrected chi connectivity index (χ0v) is 9.38. The van der Waals surface area contributed by atoms with Gasteiger partial charge >= 0.3 is 5.97 Å². The number of carboxylic acid groups (broad SMARTS) is 1. The van der Waals surface area contributed by atoms with Crippen molar-refractivity contribution in [2.45, 2.75) is 20.4 Å². The van der Waals surface area contributed by atoms with Gasteiger partial charge < -0.3 is 9.52 Å². The zero-order chi connectivity index (χ0) is 11.7. The van der Waals surface area contributed by atoms with E-state index in [1.165, 1.54) is 0 Å². The van der Waals surface area contributed by atoms with Crippen LogP contribution in [0.4, 0.5) is 0 Å². The third-order valence-corrected chi connectivity index (χ3v) is 2.93. The molecule has 88 valence electrons. The van der Waals surface area contributed by atoms with E-state index in [0.717, 1.165) is 6.54 Å². The molecule has 0 saturated carbocycles. The standard InChI is InChI=1S/C10H15N3O3/c1-6-3-13(4-8(6)10(14)15)5-9-12-11-7(2)16-9/h6,8H,3-5H2,1-2H3,(H,14,15). The molecule has 2 heterocycles. The van der Waals surface area contributed by atoms with E-state index < -0.39 is 5.97 Å². The van der Waals surface area contributed by atoms with E-state index in [9.17, 15) is 4.79 Å². The summed E-state index contributed by atoms with van der Waals surface area (Å²) in [6, 6.07) is 0. The largest absolute Gasteiger partial charge is 0.481 e. The van der Waals surface area contributed by atoms with E-state index >= 15 is 0 Å². The fourth-order valence-corrected chi connectivity index (χ4v) is 2.11. The summed E-state index contributed by atoms with van der Waals surface area (Å²) in [5, 5.41) is 16.6. The molecule has 1 fully saturated rings. The Morgan fingerprint density at radius 2 is 2.31 bits per heavy atom. The Labute approximate surface area is 93.3 Å². The molecule has 0 bridgehead atoms. The van der Waals surface area contributed by atoms with Crippen LogP contribution in [0, 0.1) is 18.8 Å². The van der Waals surface area contributed by atoms with Gasteiger partial charge in [-0.05, 0) is 5.92 Å². The first-order valence-electron chi connectivity index (χ1n) is 5.30. The van der Waals surface area contributed by atoms with Crippen LogP contribution in [0.15, 0.2) is 4.42 Å². The Morgan fingerprint density at radius 3 is 2.81 bits per heavy atom. The quantitative estimate of drug-likeness (QED) is 0.808. The molecule has 0 spiro atoms. The van der Waals surface area contributed by atoms with Crippen LogP contribution in [-0.4, -0.2) is 39.3 Å². The van der Waals surface area contributed by atoms with Crippen LogP contribution in [0.3, 0.4) is 0 Å². The van der Waals surface area contributed by atoms with Gasteiger partial charge in [0.25, 0.3) is 0 Å². The Kier molecular flexibility index (Phi) is 2.91. The second-order valence-corrected chi connectivity index (χ2v) is 4.33. The first-order valence-corrected chi connectivity index (χ1v) is 5.30. The number of carboxylic acids is 1. The number of hydrogen-bond acceptors (Lipinski definition) is 5. The second-order valence-electron chi connectivity index (χ2n) is 4.33. The lowest BCUT2D eigenvalue weighted by Crippen LogP contribution is -2.23. The van der Waals surface area contributed by atoms with Gasteiger partial charge in [0.2, 0.25) is 11.8 Å². The number of hydrogen-bond donors (Lipinski definition) is 1. The summed E-state index contributed by atoms with van der Waals surface area (Å²) in [7, 11) is 0. The number of aromatic nitrogens is 2. The van der Waals surface area contributed by atoms with Gasteiger partial charge in [-0.25, -0.2) is 0 Å². The molecule has 1 aliphatic rings. The van der Waals surface area contributed by atoms with Gasteiger partial charge in [-0.3, -0.25) is 9.69 Å². The molecule has 0 aliphatic carbocycles. The fraction of sp³-hybridized carbons (Fsp3) is 0.700. The predicted molar refractivity (Wildman–Crippen MR) is 54.6 cm³/mol. The van der Waals surface area contributed by atoms with Crippen molar-refractivity contribution in [3.8, 4) is 0 Å². The number of aliphatic carboxylic acids is 1. The molecule has 6 heteroatoms. The Hall–Kier alpha value is -1.43. The number of carbonyl (C=O) groups is 1. The van der Waals surface area contributed by atoms with Gasteiger partial charge in [0.1, 0.15) is 0 Å². The molecule has 2 unspecified atom stereocenters. The number of nitrogens with zero attached hydrogens (tertiary/aromatic N) is 3. The SMILES string of the molecule is Cc1nnc(CN2CC(C)C(C(=O)O)C2)o1. The minimum Gasteiger partial charge on any atom is -0.481 e. The monoisotopic (exact) mass is 225 g/mol. The average molecular weight is 225 g/mol. The van der Waals surface area contributed by atoms with Gasteiger partial charge in [0.05, 0.1) is 12.5 Å². The van der Waals surface area contributed by atoms with Crippen molar-refractivity contribution in [1.29, 1.82) is 0 Å². The fourth-order valence-electron chi connectivity index (χ4n) is 2.11. The van der Waals surface area contributed by atoms with Gasteiger partial charge in [-0.15, -0.1) is 10.2 Å². The molecule has 1 aromatic rings. The summed E-state index contributed by atoms with van der Waals surface area (Å²) in [6.45, 7) is 5.55. The molecular weight excluding hydrogens is 210 g/mol. The molecule has 16 heavy (non-hydrogen) atoms. The van der Waals surface area contributed by atoms with E-state index in [2.05, 4.69) is 10.2 Å².